The molecular formula is C21H25NO6. The Bertz CT molecular complexity index is 774. The SMILES string of the molecule is COc1cc(C(=O)Nc2ccc(OC[C@@H]3CCCO3)cc2)cc(OC)c1OC. The van der Waals surface area contributed by atoms with Gasteiger partial charge in [-0.2, -0.15) is 0 Å². The second-order valence-electron chi connectivity index (χ2n) is 6.34. The minimum Gasteiger partial charge on any atom is -0.493 e. The van der Waals surface area contributed by atoms with Gasteiger partial charge in [0.05, 0.1) is 27.4 Å². The van der Waals surface area contributed by atoms with Crippen LogP contribution in [0.5, 0.6) is 23.0 Å². The lowest BCUT2D eigenvalue weighted by atomic mass is 10.1. The lowest BCUT2D eigenvalue weighted by Crippen LogP contribution is -2.16. The van der Waals surface area contributed by atoms with E-state index in [0.717, 1.165) is 25.2 Å². The Kier molecular flexibility index (Phi) is 6.60. The smallest absolute Gasteiger partial charge is 0.255 e. The molecule has 0 radical (unpaired) electrons. The van der Waals surface area contributed by atoms with E-state index < -0.39 is 0 Å². The summed E-state index contributed by atoms with van der Waals surface area (Å²) < 4.78 is 27.1. The van der Waals surface area contributed by atoms with Crippen LogP contribution in [0, 0.1) is 0 Å². The quantitative estimate of drug-likeness (QED) is 0.747. The van der Waals surface area contributed by atoms with Crippen LogP contribution in [0.2, 0.25) is 0 Å². The zero-order valence-electron chi connectivity index (χ0n) is 16.3. The van der Waals surface area contributed by atoms with Crippen molar-refractivity contribution in [2.24, 2.45) is 0 Å². The summed E-state index contributed by atoms with van der Waals surface area (Å²) in [6.07, 6.45) is 2.28. The highest BCUT2D eigenvalue weighted by Gasteiger charge is 2.18. The van der Waals surface area contributed by atoms with Crippen molar-refractivity contribution in [3.8, 4) is 23.0 Å². The molecule has 1 atom stereocenters. The highest BCUT2D eigenvalue weighted by molar-refractivity contribution is 6.05. The molecule has 1 aliphatic heterocycles. The molecule has 2 aromatic carbocycles. The first kappa shape index (κ1) is 19.8. The van der Waals surface area contributed by atoms with Crippen LogP contribution in [0.1, 0.15) is 23.2 Å². The van der Waals surface area contributed by atoms with E-state index in [9.17, 15) is 4.79 Å². The van der Waals surface area contributed by atoms with E-state index in [2.05, 4.69) is 5.32 Å². The molecule has 0 saturated carbocycles. The number of carbonyl (C=O) groups excluding carboxylic acids is 1. The fourth-order valence-electron chi connectivity index (χ4n) is 3.01. The number of hydrogen-bond donors (Lipinski definition) is 1. The second kappa shape index (κ2) is 9.32. The molecule has 1 N–H and O–H groups in total. The van der Waals surface area contributed by atoms with Crippen LogP contribution < -0.4 is 24.3 Å². The summed E-state index contributed by atoms with van der Waals surface area (Å²) in [7, 11) is 4.53. The highest BCUT2D eigenvalue weighted by Crippen LogP contribution is 2.38. The van der Waals surface area contributed by atoms with E-state index in [1.54, 1.807) is 24.3 Å². The van der Waals surface area contributed by atoms with Gasteiger partial charge in [-0.15, -0.1) is 0 Å². The van der Waals surface area contributed by atoms with Crippen molar-refractivity contribution in [1.82, 2.24) is 0 Å². The van der Waals surface area contributed by atoms with E-state index in [-0.39, 0.29) is 12.0 Å². The van der Waals surface area contributed by atoms with E-state index >= 15 is 0 Å². The van der Waals surface area contributed by atoms with Gasteiger partial charge in [-0.3, -0.25) is 4.79 Å². The van der Waals surface area contributed by atoms with Crippen molar-refractivity contribution in [2.75, 3.05) is 39.9 Å². The first-order valence-corrected chi connectivity index (χ1v) is 9.10. The van der Waals surface area contributed by atoms with Gasteiger partial charge < -0.3 is 29.0 Å². The average Bonchev–Trinajstić information content (AvgIpc) is 3.25. The Hall–Kier alpha value is -2.93. The lowest BCUT2D eigenvalue weighted by Gasteiger charge is -2.14. The summed E-state index contributed by atoms with van der Waals surface area (Å²) >= 11 is 0. The summed E-state index contributed by atoms with van der Waals surface area (Å²) in [6.45, 7) is 1.34. The van der Waals surface area contributed by atoms with E-state index in [0.29, 0.717) is 35.1 Å². The van der Waals surface area contributed by atoms with Crippen molar-refractivity contribution >= 4 is 11.6 Å². The number of benzene rings is 2. The van der Waals surface area contributed by atoms with Crippen LogP contribution in [0.4, 0.5) is 5.69 Å². The molecule has 1 amide bonds. The van der Waals surface area contributed by atoms with Gasteiger partial charge in [0, 0.05) is 17.9 Å². The largest absolute Gasteiger partial charge is 0.493 e. The van der Waals surface area contributed by atoms with Crippen molar-refractivity contribution < 1.29 is 28.5 Å². The maximum Gasteiger partial charge on any atom is 0.255 e. The molecule has 3 rings (SSSR count). The monoisotopic (exact) mass is 387 g/mol. The van der Waals surface area contributed by atoms with Gasteiger partial charge in [0.2, 0.25) is 5.75 Å². The maximum absolute atomic E-state index is 12.6. The average molecular weight is 387 g/mol. The minimum absolute atomic E-state index is 0.166. The third-order valence-corrected chi connectivity index (χ3v) is 4.50. The summed E-state index contributed by atoms with van der Waals surface area (Å²) in [6, 6.07) is 10.4. The molecule has 0 bridgehead atoms. The normalized spacial score (nSPS) is 15.8. The van der Waals surface area contributed by atoms with Gasteiger partial charge in [0.25, 0.3) is 5.91 Å². The van der Waals surface area contributed by atoms with E-state index in [1.165, 1.54) is 21.3 Å². The Balaban J connectivity index is 1.65. The Labute approximate surface area is 164 Å². The van der Waals surface area contributed by atoms with Crippen molar-refractivity contribution in [3.05, 3.63) is 42.0 Å². The Morgan fingerprint density at radius 3 is 2.29 bits per heavy atom. The molecule has 0 aromatic heterocycles. The van der Waals surface area contributed by atoms with Gasteiger partial charge in [0.15, 0.2) is 11.5 Å². The molecule has 150 valence electrons. The van der Waals surface area contributed by atoms with Crippen LogP contribution in [0.3, 0.4) is 0 Å². The second-order valence-corrected chi connectivity index (χ2v) is 6.34. The number of nitrogens with one attached hydrogen (secondary N) is 1. The first-order valence-electron chi connectivity index (χ1n) is 9.10. The molecular weight excluding hydrogens is 362 g/mol. The van der Waals surface area contributed by atoms with E-state index in [4.69, 9.17) is 23.7 Å². The number of amides is 1. The molecule has 0 unspecified atom stereocenters. The zero-order chi connectivity index (χ0) is 19.9. The van der Waals surface area contributed by atoms with Crippen LogP contribution in [0.15, 0.2) is 36.4 Å². The number of hydrogen-bond acceptors (Lipinski definition) is 6. The zero-order valence-corrected chi connectivity index (χ0v) is 16.3. The molecule has 1 fully saturated rings. The van der Waals surface area contributed by atoms with Crippen LogP contribution in [0.25, 0.3) is 0 Å². The third kappa shape index (κ3) is 4.67. The Morgan fingerprint density at radius 2 is 1.75 bits per heavy atom. The van der Waals surface area contributed by atoms with E-state index in [1.807, 2.05) is 12.1 Å². The number of carbonyl (C=O) groups is 1. The topological polar surface area (TPSA) is 75.3 Å². The highest BCUT2D eigenvalue weighted by atomic mass is 16.5. The number of ether oxygens (including phenoxy) is 5. The number of anilines is 1. The predicted molar refractivity (Wildman–Crippen MR) is 105 cm³/mol. The van der Waals surface area contributed by atoms with Crippen LogP contribution in [-0.4, -0.2) is 46.6 Å². The lowest BCUT2D eigenvalue weighted by molar-refractivity contribution is 0.0679. The van der Waals surface area contributed by atoms with Crippen molar-refractivity contribution in [1.29, 1.82) is 0 Å². The molecule has 7 nitrogen and oxygen atoms in total. The molecule has 0 spiro atoms. The number of methoxy groups -OCH3 is 3. The molecule has 2 aromatic rings. The first-order chi connectivity index (χ1) is 13.6. The van der Waals surface area contributed by atoms with Crippen LogP contribution in [-0.2, 0) is 4.74 Å². The van der Waals surface area contributed by atoms with Crippen molar-refractivity contribution in [3.63, 3.8) is 0 Å². The molecule has 7 heteroatoms. The minimum atomic E-state index is -0.285. The summed E-state index contributed by atoms with van der Waals surface area (Å²) in [5.74, 6) is 1.73. The third-order valence-electron chi connectivity index (χ3n) is 4.50. The summed E-state index contributed by atoms with van der Waals surface area (Å²) in [5.41, 5.74) is 1.05. The fraction of sp³-hybridized carbons (Fsp3) is 0.381. The summed E-state index contributed by atoms with van der Waals surface area (Å²) in [4.78, 5) is 12.6. The van der Waals surface area contributed by atoms with Gasteiger partial charge in [0.1, 0.15) is 12.4 Å². The van der Waals surface area contributed by atoms with Gasteiger partial charge in [-0.25, -0.2) is 0 Å². The van der Waals surface area contributed by atoms with Gasteiger partial charge >= 0.3 is 0 Å². The van der Waals surface area contributed by atoms with Crippen LogP contribution >= 0.6 is 0 Å². The molecule has 1 saturated heterocycles. The van der Waals surface area contributed by atoms with Crippen molar-refractivity contribution in [2.45, 2.75) is 18.9 Å². The Morgan fingerprint density at radius 1 is 1.07 bits per heavy atom. The molecule has 1 aliphatic rings. The summed E-state index contributed by atoms with van der Waals surface area (Å²) in [5, 5.41) is 2.85. The number of rotatable bonds is 8. The molecule has 1 heterocycles. The predicted octanol–water partition coefficient (Wildman–Crippen LogP) is 3.52. The maximum atomic E-state index is 12.6. The molecule has 28 heavy (non-hydrogen) atoms. The molecule has 0 aliphatic carbocycles. The fourth-order valence-corrected chi connectivity index (χ4v) is 3.01. The standard InChI is InChI=1S/C21H25NO6/c1-24-18-11-14(12-19(25-2)20(18)26-3)21(23)22-15-6-8-16(9-7-15)28-13-17-5-4-10-27-17/h6-9,11-12,17H,4-5,10,13H2,1-3H3,(H,22,23)/t17-/m0/s1. The van der Waals surface area contributed by atoms with Gasteiger partial charge in [-0.1, -0.05) is 0 Å². The van der Waals surface area contributed by atoms with Gasteiger partial charge in [-0.05, 0) is 49.2 Å².